The number of aromatic nitrogens is 2. The van der Waals surface area contributed by atoms with Crippen molar-refractivity contribution in [2.45, 2.75) is 70.7 Å². The SMILES string of the molecule is CC(C)OC(=O)[C@H](C)NP(=O)(O/C=C1/O[C@@H](n2ccc(=O)[nH]c2=O)[C@](C)(N)[C@@H]1O)O[C@@H](C)c1ccccc1. The highest BCUT2D eigenvalue weighted by Gasteiger charge is 2.51. The van der Waals surface area contributed by atoms with Gasteiger partial charge in [-0.25, -0.2) is 9.36 Å². The summed E-state index contributed by atoms with van der Waals surface area (Å²) in [5, 5.41) is 13.4. The fourth-order valence-electron chi connectivity index (χ4n) is 3.65. The quantitative estimate of drug-likeness (QED) is 0.191. The third-order valence-corrected chi connectivity index (χ3v) is 7.35. The van der Waals surface area contributed by atoms with Gasteiger partial charge in [0.25, 0.3) is 5.56 Å². The lowest BCUT2D eigenvalue weighted by atomic mass is 9.95. The molecule has 0 bridgehead atoms. The Morgan fingerprint density at radius 2 is 1.89 bits per heavy atom. The van der Waals surface area contributed by atoms with Crippen molar-refractivity contribution in [2.75, 3.05) is 0 Å². The minimum Gasteiger partial charge on any atom is -0.466 e. The highest BCUT2D eigenvalue weighted by molar-refractivity contribution is 7.51. The summed E-state index contributed by atoms with van der Waals surface area (Å²) >= 11 is 0. The van der Waals surface area contributed by atoms with Crippen molar-refractivity contribution in [2.24, 2.45) is 5.73 Å². The molecule has 1 unspecified atom stereocenters. The van der Waals surface area contributed by atoms with Crippen molar-refractivity contribution in [1.82, 2.24) is 14.6 Å². The molecular formula is C24H33N4O9P. The minimum atomic E-state index is -4.30. The number of ether oxygens (including phenoxy) is 2. The third-order valence-electron chi connectivity index (χ3n) is 5.67. The molecule has 3 rings (SSSR count). The van der Waals surface area contributed by atoms with Gasteiger partial charge in [0.05, 0.1) is 12.2 Å². The molecule has 38 heavy (non-hydrogen) atoms. The highest BCUT2D eigenvalue weighted by Crippen LogP contribution is 2.50. The number of hydrogen-bond acceptors (Lipinski definition) is 10. The van der Waals surface area contributed by atoms with Crippen LogP contribution in [0.3, 0.4) is 0 Å². The molecule has 5 N–H and O–H groups in total. The third kappa shape index (κ3) is 6.80. The molecule has 0 aliphatic carbocycles. The summed E-state index contributed by atoms with van der Waals surface area (Å²) in [5.74, 6) is -0.940. The van der Waals surface area contributed by atoms with Gasteiger partial charge in [-0.1, -0.05) is 30.3 Å². The van der Waals surface area contributed by atoms with Crippen molar-refractivity contribution in [1.29, 1.82) is 0 Å². The van der Waals surface area contributed by atoms with Crippen LogP contribution in [0.1, 0.15) is 52.5 Å². The molecule has 0 saturated carbocycles. The molecule has 1 aliphatic rings. The van der Waals surface area contributed by atoms with Gasteiger partial charge in [-0.3, -0.25) is 23.7 Å². The Morgan fingerprint density at radius 1 is 1.24 bits per heavy atom. The number of nitrogens with one attached hydrogen (secondary N) is 2. The first-order valence-corrected chi connectivity index (χ1v) is 13.4. The molecule has 208 valence electrons. The number of aliphatic hydroxyl groups is 1. The van der Waals surface area contributed by atoms with E-state index in [4.69, 9.17) is 24.3 Å². The molecule has 0 radical (unpaired) electrons. The van der Waals surface area contributed by atoms with E-state index in [9.17, 15) is 24.1 Å². The van der Waals surface area contributed by atoms with Crippen LogP contribution in [0.15, 0.2) is 64.2 Å². The van der Waals surface area contributed by atoms with Crippen LogP contribution in [-0.2, 0) is 27.9 Å². The Balaban J connectivity index is 1.89. The summed E-state index contributed by atoms with van der Waals surface area (Å²) in [6, 6.07) is 8.91. The number of nitrogens with zero attached hydrogens (tertiary/aromatic N) is 1. The highest BCUT2D eigenvalue weighted by atomic mass is 31.2. The molecule has 1 fully saturated rings. The number of hydrogen-bond donors (Lipinski definition) is 4. The van der Waals surface area contributed by atoms with Crippen LogP contribution in [0.4, 0.5) is 0 Å². The molecule has 2 heterocycles. The zero-order valence-electron chi connectivity index (χ0n) is 21.7. The minimum absolute atomic E-state index is 0.256. The first-order chi connectivity index (χ1) is 17.7. The maximum Gasteiger partial charge on any atom is 0.459 e. The van der Waals surface area contributed by atoms with Crippen LogP contribution in [-0.4, -0.2) is 44.4 Å². The van der Waals surface area contributed by atoms with E-state index in [1.54, 1.807) is 45.0 Å². The zero-order chi connectivity index (χ0) is 28.3. The molecule has 13 nitrogen and oxygen atoms in total. The Hall–Kier alpha value is -3.22. The lowest BCUT2D eigenvalue weighted by Crippen LogP contribution is -2.52. The molecule has 2 aromatic rings. The van der Waals surface area contributed by atoms with Crippen molar-refractivity contribution < 1.29 is 33.0 Å². The van der Waals surface area contributed by atoms with Crippen molar-refractivity contribution in [3.05, 3.63) is 81.0 Å². The van der Waals surface area contributed by atoms with Gasteiger partial charge >= 0.3 is 19.4 Å². The number of esters is 1. The largest absolute Gasteiger partial charge is 0.466 e. The summed E-state index contributed by atoms with van der Waals surface area (Å²) in [7, 11) is -4.30. The maximum atomic E-state index is 13.8. The average Bonchev–Trinajstić information content (AvgIpc) is 3.06. The molecule has 14 heteroatoms. The second-order valence-corrected chi connectivity index (χ2v) is 11.0. The second kappa shape index (κ2) is 11.7. The fourth-order valence-corrected chi connectivity index (χ4v) is 5.18. The number of rotatable bonds is 10. The standard InChI is InChI=1S/C24H33N4O9P/c1-14(2)35-21(31)15(3)27-38(33,37-16(4)17-9-7-6-8-10-17)34-13-18-20(30)24(5,25)22(36-18)28-12-11-19(29)26-23(28)32/h6-16,20,22,30H,25H2,1-5H3,(H,27,33)(H,26,29,32)/b18-13+/t15-,16-,20+,22+,24+,38?/m0/s1. The van der Waals surface area contributed by atoms with E-state index in [-0.39, 0.29) is 5.76 Å². The van der Waals surface area contributed by atoms with E-state index in [0.29, 0.717) is 5.56 Å². The molecule has 1 aromatic heterocycles. The van der Waals surface area contributed by atoms with E-state index in [2.05, 4.69) is 10.1 Å². The number of benzene rings is 1. The lowest BCUT2D eigenvalue weighted by molar-refractivity contribution is -0.149. The first-order valence-electron chi connectivity index (χ1n) is 11.9. The predicted molar refractivity (Wildman–Crippen MR) is 137 cm³/mol. The van der Waals surface area contributed by atoms with E-state index < -0.39 is 61.1 Å². The Morgan fingerprint density at radius 3 is 2.50 bits per heavy atom. The molecule has 1 aliphatic heterocycles. The van der Waals surface area contributed by atoms with Crippen molar-refractivity contribution >= 4 is 13.7 Å². The predicted octanol–water partition coefficient (Wildman–Crippen LogP) is 1.82. The van der Waals surface area contributed by atoms with Crippen molar-refractivity contribution in [3.8, 4) is 0 Å². The van der Waals surface area contributed by atoms with Crippen LogP contribution in [0.5, 0.6) is 0 Å². The maximum absolute atomic E-state index is 13.8. The first kappa shape index (κ1) is 29.3. The number of carbonyl (C=O) groups is 1. The number of H-pyrrole nitrogens is 1. The molecule has 0 amide bonds. The topological polar surface area (TPSA) is 184 Å². The van der Waals surface area contributed by atoms with Crippen LogP contribution in [0.25, 0.3) is 0 Å². The molecule has 1 aromatic carbocycles. The Bertz CT molecular complexity index is 1320. The fraction of sp³-hybridized carbons (Fsp3) is 0.458. The van der Waals surface area contributed by atoms with Crippen LogP contribution in [0, 0.1) is 0 Å². The van der Waals surface area contributed by atoms with Gasteiger partial charge in [-0.2, -0.15) is 5.09 Å². The zero-order valence-corrected chi connectivity index (χ0v) is 22.6. The smallest absolute Gasteiger partial charge is 0.459 e. The average molecular weight is 553 g/mol. The van der Waals surface area contributed by atoms with Crippen molar-refractivity contribution in [3.63, 3.8) is 0 Å². The van der Waals surface area contributed by atoms with Gasteiger partial charge in [-0.15, -0.1) is 0 Å². The molecular weight excluding hydrogens is 519 g/mol. The normalized spacial score (nSPS) is 25.4. The second-order valence-electron chi connectivity index (χ2n) is 9.37. The van der Waals surface area contributed by atoms with Crippen LogP contribution in [0.2, 0.25) is 0 Å². The molecule has 6 atom stereocenters. The Labute approximate surface area is 219 Å². The van der Waals surface area contributed by atoms with Gasteiger partial charge in [-0.05, 0) is 40.2 Å². The van der Waals surface area contributed by atoms with Gasteiger partial charge in [0.2, 0.25) is 0 Å². The van der Waals surface area contributed by atoms with Gasteiger partial charge in [0.1, 0.15) is 23.9 Å². The number of aliphatic hydroxyl groups excluding tert-OH is 1. The number of nitrogens with two attached hydrogens (primary N) is 1. The van der Waals surface area contributed by atoms with Gasteiger partial charge < -0.3 is 24.8 Å². The number of aromatic amines is 1. The number of carbonyl (C=O) groups excluding carboxylic acids is 1. The summed E-state index contributed by atoms with van der Waals surface area (Å²) in [6.07, 6.45) is -1.85. The molecule has 0 spiro atoms. The molecule has 1 saturated heterocycles. The Kier molecular flexibility index (Phi) is 9.01. The summed E-state index contributed by atoms with van der Waals surface area (Å²) in [4.78, 5) is 38.2. The lowest BCUT2D eigenvalue weighted by Gasteiger charge is -2.27. The summed E-state index contributed by atoms with van der Waals surface area (Å²) in [5.41, 5.74) is 3.96. The van der Waals surface area contributed by atoms with Gasteiger partial charge in [0.15, 0.2) is 12.0 Å². The van der Waals surface area contributed by atoms with E-state index in [1.165, 1.54) is 20.0 Å². The summed E-state index contributed by atoms with van der Waals surface area (Å²) in [6.45, 7) is 7.85. The monoisotopic (exact) mass is 552 g/mol. The van der Waals surface area contributed by atoms with Crippen LogP contribution >= 0.6 is 7.75 Å². The summed E-state index contributed by atoms with van der Waals surface area (Å²) < 4.78 is 36.9. The van der Waals surface area contributed by atoms with E-state index >= 15 is 0 Å². The van der Waals surface area contributed by atoms with Crippen LogP contribution < -0.4 is 22.1 Å². The van der Waals surface area contributed by atoms with E-state index in [0.717, 1.165) is 16.9 Å². The van der Waals surface area contributed by atoms with Gasteiger partial charge in [0, 0.05) is 12.3 Å². The van der Waals surface area contributed by atoms with E-state index in [1.807, 2.05) is 6.07 Å².